The van der Waals surface area contributed by atoms with E-state index >= 15 is 0 Å². The van der Waals surface area contributed by atoms with Gasteiger partial charge in [0.1, 0.15) is 0 Å². The SMILES string of the molecule is CC(C)c1nc(Br)[nH]c1CCN. The van der Waals surface area contributed by atoms with Crippen molar-refractivity contribution in [2.24, 2.45) is 5.73 Å². The molecule has 0 aliphatic rings. The maximum absolute atomic E-state index is 5.48. The molecule has 0 fully saturated rings. The second kappa shape index (κ2) is 4.05. The normalized spacial score (nSPS) is 11.1. The number of halogens is 1. The van der Waals surface area contributed by atoms with Crippen molar-refractivity contribution in [3.63, 3.8) is 0 Å². The molecule has 0 amide bonds. The number of nitrogens with one attached hydrogen (secondary N) is 1. The molecule has 4 heteroatoms. The Balaban J connectivity index is 2.92. The second-order valence-corrected chi connectivity index (χ2v) is 3.84. The molecular weight excluding hydrogens is 218 g/mol. The van der Waals surface area contributed by atoms with Gasteiger partial charge in [-0.05, 0) is 28.4 Å². The first-order valence-corrected chi connectivity index (χ1v) is 4.88. The van der Waals surface area contributed by atoms with Gasteiger partial charge in [-0.25, -0.2) is 4.98 Å². The molecule has 0 atom stereocenters. The summed E-state index contributed by atoms with van der Waals surface area (Å²) in [6.07, 6.45) is 0.867. The van der Waals surface area contributed by atoms with Crippen molar-refractivity contribution < 1.29 is 0 Å². The molecule has 1 heterocycles. The Morgan fingerprint density at radius 3 is 2.75 bits per heavy atom. The van der Waals surface area contributed by atoms with Gasteiger partial charge in [0.2, 0.25) is 0 Å². The molecule has 12 heavy (non-hydrogen) atoms. The van der Waals surface area contributed by atoms with Crippen molar-refractivity contribution in [2.45, 2.75) is 26.2 Å². The van der Waals surface area contributed by atoms with Crippen LogP contribution >= 0.6 is 15.9 Å². The molecule has 68 valence electrons. The lowest BCUT2D eigenvalue weighted by atomic mass is 10.1. The van der Waals surface area contributed by atoms with Gasteiger partial charge in [-0.15, -0.1) is 0 Å². The standard InChI is InChI=1S/C8H14BrN3/c1-5(2)7-6(3-4-10)11-8(9)12-7/h5H,3-4,10H2,1-2H3,(H,11,12). The lowest BCUT2D eigenvalue weighted by Crippen LogP contribution is -2.05. The molecule has 1 aromatic heterocycles. The summed E-state index contributed by atoms with van der Waals surface area (Å²) in [7, 11) is 0. The second-order valence-electron chi connectivity index (χ2n) is 3.08. The fourth-order valence-corrected chi connectivity index (χ4v) is 1.63. The van der Waals surface area contributed by atoms with Crippen LogP contribution in [0, 0.1) is 0 Å². The Kier molecular flexibility index (Phi) is 3.29. The molecule has 1 aromatic rings. The van der Waals surface area contributed by atoms with E-state index in [2.05, 4.69) is 39.7 Å². The lowest BCUT2D eigenvalue weighted by molar-refractivity contribution is 0.798. The molecule has 0 saturated heterocycles. The Morgan fingerprint density at radius 1 is 1.58 bits per heavy atom. The zero-order valence-corrected chi connectivity index (χ0v) is 8.98. The quantitative estimate of drug-likeness (QED) is 0.834. The zero-order chi connectivity index (χ0) is 9.14. The first-order valence-electron chi connectivity index (χ1n) is 4.09. The van der Waals surface area contributed by atoms with Gasteiger partial charge in [0.05, 0.1) is 5.69 Å². The summed E-state index contributed by atoms with van der Waals surface area (Å²) in [5.41, 5.74) is 7.75. The van der Waals surface area contributed by atoms with E-state index in [1.165, 1.54) is 0 Å². The summed E-state index contributed by atoms with van der Waals surface area (Å²) in [5, 5.41) is 0. The van der Waals surface area contributed by atoms with Crippen LogP contribution in [-0.2, 0) is 6.42 Å². The molecular formula is C8H14BrN3. The zero-order valence-electron chi connectivity index (χ0n) is 7.39. The number of H-pyrrole nitrogens is 1. The van der Waals surface area contributed by atoms with Crippen LogP contribution in [0.3, 0.4) is 0 Å². The number of aromatic amines is 1. The Labute approximate surface area is 80.9 Å². The van der Waals surface area contributed by atoms with Crippen LogP contribution in [0.4, 0.5) is 0 Å². The van der Waals surface area contributed by atoms with Gasteiger partial charge in [0.25, 0.3) is 0 Å². The number of aromatic nitrogens is 2. The smallest absolute Gasteiger partial charge is 0.174 e. The molecule has 1 rings (SSSR count). The van der Waals surface area contributed by atoms with Gasteiger partial charge in [-0.2, -0.15) is 0 Å². The van der Waals surface area contributed by atoms with Crippen LogP contribution in [0.2, 0.25) is 0 Å². The molecule has 0 aromatic carbocycles. The molecule has 0 spiro atoms. The van der Waals surface area contributed by atoms with E-state index in [0.717, 1.165) is 22.5 Å². The number of nitrogens with zero attached hydrogens (tertiary/aromatic N) is 1. The fraction of sp³-hybridized carbons (Fsp3) is 0.625. The van der Waals surface area contributed by atoms with Crippen molar-refractivity contribution in [3.8, 4) is 0 Å². The number of nitrogens with two attached hydrogens (primary N) is 1. The average molecular weight is 232 g/mol. The lowest BCUT2D eigenvalue weighted by Gasteiger charge is -2.02. The van der Waals surface area contributed by atoms with Gasteiger partial charge in [0.15, 0.2) is 4.73 Å². The predicted octanol–water partition coefficient (Wildman–Crippen LogP) is 1.80. The summed E-state index contributed by atoms with van der Waals surface area (Å²) in [6, 6.07) is 0. The molecule has 0 bridgehead atoms. The minimum absolute atomic E-state index is 0.453. The van der Waals surface area contributed by atoms with E-state index < -0.39 is 0 Å². The molecule has 0 unspecified atom stereocenters. The summed E-state index contributed by atoms with van der Waals surface area (Å²) >= 11 is 3.31. The van der Waals surface area contributed by atoms with Gasteiger partial charge in [0, 0.05) is 12.1 Å². The van der Waals surface area contributed by atoms with E-state index in [-0.39, 0.29) is 0 Å². The monoisotopic (exact) mass is 231 g/mol. The third-order valence-corrected chi connectivity index (χ3v) is 2.10. The Hall–Kier alpha value is -0.350. The van der Waals surface area contributed by atoms with Crippen LogP contribution in [0.15, 0.2) is 4.73 Å². The first-order chi connectivity index (χ1) is 5.65. The van der Waals surface area contributed by atoms with Crippen molar-refractivity contribution in [3.05, 3.63) is 16.1 Å². The first kappa shape index (κ1) is 9.74. The Bertz CT molecular complexity index is 255. The van der Waals surface area contributed by atoms with Crippen molar-refractivity contribution in [2.75, 3.05) is 6.54 Å². The van der Waals surface area contributed by atoms with Crippen LogP contribution < -0.4 is 5.73 Å². The topological polar surface area (TPSA) is 54.7 Å². The highest BCUT2D eigenvalue weighted by Crippen LogP contribution is 2.19. The molecule has 0 radical (unpaired) electrons. The minimum atomic E-state index is 0.453. The fourth-order valence-electron chi connectivity index (χ4n) is 1.20. The van der Waals surface area contributed by atoms with Crippen LogP contribution in [-0.4, -0.2) is 16.5 Å². The van der Waals surface area contributed by atoms with E-state index in [4.69, 9.17) is 5.73 Å². The van der Waals surface area contributed by atoms with Gasteiger partial charge in [-0.1, -0.05) is 13.8 Å². The highest BCUT2D eigenvalue weighted by molar-refractivity contribution is 9.10. The highest BCUT2D eigenvalue weighted by Gasteiger charge is 2.10. The van der Waals surface area contributed by atoms with Crippen molar-refractivity contribution >= 4 is 15.9 Å². The van der Waals surface area contributed by atoms with E-state index in [0.29, 0.717) is 12.5 Å². The largest absolute Gasteiger partial charge is 0.336 e. The van der Waals surface area contributed by atoms with Crippen molar-refractivity contribution in [1.29, 1.82) is 0 Å². The predicted molar refractivity (Wildman–Crippen MR) is 53.1 cm³/mol. The summed E-state index contributed by atoms with van der Waals surface area (Å²) in [4.78, 5) is 7.49. The number of rotatable bonds is 3. The maximum Gasteiger partial charge on any atom is 0.174 e. The average Bonchev–Trinajstić information content (AvgIpc) is 2.32. The number of imidazole rings is 1. The highest BCUT2D eigenvalue weighted by atomic mass is 79.9. The number of hydrogen-bond acceptors (Lipinski definition) is 2. The van der Waals surface area contributed by atoms with Gasteiger partial charge < -0.3 is 10.7 Å². The van der Waals surface area contributed by atoms with E-state index in [9.17, 15) is 0 Å². The number of hydrogen-bond donors (Lipinski definition) is 2. The summed E-state index contributed by atoms with van der Waals surface area (Å²) in [6.45, 7) is 4.92. The summed E-state index contributed by atoms with van der Waals surface area (Å²) in [5.74, 6) is 0.453. The Morgan fingerprint density at radius 2 is 2.25 bits per heavy atom. The van der Waals surface area contributed by atoms with E-state index in [1.807, 2.05) is 0 Å². The molecule has 3 nitrogen and oxygen atoms in total. The summed E-state index contributed by atoms with van der Waals surface area (Å²) < 4.78 is 0.801. The van der Waals surface area contributed by atoms with Gasteiger partial charge in [-0.3, -0.25) is 0 Å². The minimum Gasteiger partial charge on any atom is -0.336 e. The van der Waals surface area contributed by atoms with E-state index in [1.54, 1.807) is 0 Å². The van der Waals surface area contributed by atoms with Crippen molar-refractivity contribution in [1.82, 2.24) is 9.97 Å². The van der Waals surface area contributed by atoms with Crippen LogP contribution in [0.5, 0.6) is 0 Å². The molecule has 0 saturated carbocycles. The molecule has 0 aliphatic heterocycles. The molecule has 3 N–H and O–H groups in total. The molecule has 0 aliphatic carbocycles. The van der Waals surface area contributed by atoms with Gasteiger partial charge >= 0.3 is 0 Å². The maximum atomic E-state index is 5.48. The third-order valence-electron chi connectivity index (χ3n) is 1.72. The van der Waals surface area contributed by atoms with Crippen LogP contribution in [0.1, 0.15) is 31.2 Å². The van der Waals surface area contributed by atoms with Crippen LogP contribution in [0.25, 0.3) is 0 Å². The third kappa shape index (κ3) is 2.08.